The van der Waals surface area contributed by atoms with Crippen LogP contribution in [0.25, 0.3) is 0 Å². The Morgan fingerprint density at radius 3 is 2.94 bits per heavy atom. The molecule has 0 amide bonds. The highest BCUT2D eigenvalue weighted by Gasteiger charge is 2.09. The molecule has 2 heterocycles. The van der Waals surface area contributed by atoms with E-state index in [0.29, 0.717) is 11.1 Å². The lowest BCUT2D eigenvalue weighted by molar-refractivity contribution is 0.895. The van der Waals surface area contributed by atoms with Gasteiger partial charge in [0.25, 0.3) is 0 Å². The van der Waals surface area contributed by atoms with Gasteiger partial charge in [-0.25, -0.2) is 4.98 Å². The molecule has 0 bridgehead atoms. The molecule has 0 aliphatic carbocycles. The van der Waals surface area contributed by atoms with Crippen LogP contribution in [0.5, 0.6) is 0 Å². The number of rotatable bonds is 4. The molecule has 2 rings (SSSR count). The van der Waals surface area contributed by atoms with Crippen molar-refractivity contribution >= 4 is 45.2 Å². The number of aromatic nitrogens is 4. The summed E-state index contributed by atoms with van der Waals surface area (Å²) in [6, 6.07) is 3.75. The van der Waals surface area contributed by atoms with E-state index in [9.17, 15) is 0 Å². The van der Waals surface area contributed by atoms with Gasteiger partial charge in [0.1, 0.15) is 5.03 Å². The van der Waals surface area contributed by atoms with Crippen molar-refractivity contribution in [3.8, 4) is 0 Å². The molecule has 2 aromatic heterocycles. The molecule has 2 aromatic rings. The van der Waals surface area contributed by atoms with Crippen LogP contribution >= 0.6 is 39.3 Å². The largest absolute Gasteiger partial charge is 0.354 e. The lowest BCUT2D eigenvalue weighted by Gasteiger charge is -2.05. The normalized spacial score (nSPS) is 10.4. The quantitative estimate of drug-likeness (QED) is 0.916. The van der Waals surface area contributed by atoms with E-state index in [2.05, 4.69) is 41.2 Å². The standard InChI is InChI=1S/C10H9BrClN5S/c1-2-13-9-15-8(12)16-10(17-9)18-7-6(11)4-3-5-14-7/h3-5H,2H2,1H3,(H,13,15,16,17). The Morgan fingerprint density at radius 2 is 2.22 bits per heavy atom. The number of hydrogen-bond donors (Lipinski definition) is 1. The number of halogens is 2. The third kappa shape index (κ3) is 3.54. The summed E-state index contributed by atoms with van der Waals surface area (Å²) in [5, 5.41) is 4.44. The van der Waals surface area contributed by atoms with Crippen molar-refractivity contribution in [3.63, 3.8) is 0 Å². The summed E-state index contributed by atoms with van der Waals surface area (Å²) >= 11 is 10.6. The van der Waals surface area contributed by atoms with Crippen molar-refractivity contribution in [1.29, 1.82) is 0 Å². The second kappa shape index (κ2) is 6.31. The van der Waals surface area contributed by atoms with Gasteiger partial charge in [0.2, 0.25) is 11.2 Å². The predicted molar refractivity (Wildman–Crippen MR) is 75.1 cm³/mol. The van der Waals surface area contributed by atoms with Crippen LogP contribution in [0.15, 0.2) is 33.0 Å². The van der Waals surface area contributed by atoms with Crippen molar-refractivity contribution in [1.82, 2.24) is 19.9 Å². The predicted octanol–water partition coefficient (Wildman–Crippen LogP) is 3.27. The van der Waals surface area contributed by atoms with E-state index in [1.54, 1.807) is 6.20 Å². The number of nitrogens with zero attached hydrogens (tertiary/aromatic N) is 4. The molecule has 0 unspecified atom stereocenters. The highest BCUT2D eigenvalue weighted by Crippen LogP contribution is 2.29. The zero-order valence-electron chi connectivity index (χ0n) is 9.39. The molecular weight excluding hydrogens is 338 g/mol. The van der Waals surface area contributed by atoms with Crippen molar-refractivity contribution in [2.75, 3.05) is 11.9 Å². The molecule has 18 heavy (non-hydrogen) atoms. The summed E-state index contributed by atoms with van der Waals surface area (Å²) in [6.07, 6.45) is 1.71. The topological polar surface area (TPSA) is 63.6 Å². The van der Waals surface area contributed by atoms with E-state index in [1.165, 1.54) is 11.8 Å². The molecule has 0 saturated carbocycles. The maximum atomic E-state index is 5.84. The molecule has 0 spiro atoms. The second-order valence-electron chi connectivity index (χ2n) is 3.13. The van der Waals surface area contributed by atoms with E-state index < -0.39 is 0 Å². The van der Waals surface area contributed by atoms with Gasteiger partial charge in [0.15, 0.2) is 5.16 Å². The molecule has 0 fully saturated rings. The molecule has 5 nitrogen and oxygen atoms in total. The number of hydrogen-bond acceptors (Lipinski definition) is 6. The van der Waals surface area contributed by atoms with Crippen molar-refractivity contribution in [2.45, 2.75) is 17.1 Å². The van der Waals surface area contributed by atoms with Gasteiger partial charge in [0, 0.05) is 12.7 Å². The average molecular weight is 347 g/mol. The zero-order valence-corrected chi connectivity index (χ0v) is 12.6. The first-order chi connectivity index (χ1) is 8.69. The van der Waals surface area contributed by atoms with Crippen LogP contribution in [0, 0.1) is 0 Å². The molecule has 0 atom stereocenters. The summed E-state index contributed by atoms with van der Waals surface area (Å²) in [6.45, 7) is 2.68. The minimum absolute atomic E-state index is 0.163. The van der Waals surface area contributed by atoms with Crippen molar-refractivity contribution < 1.29 is 0 Å². The Bertz CT molecular complexity index is 554. The Kier molecular flexibility index (Phi) is 4.73. The highest BCUT2D eigenvalue weighted by molar-refractivity contribution is 9.10. The first kappa shape index (κ1) is 13.5. The summed E-state index contributed by atoms with van der Waals surface area (Å²) < 4.78 is 0.886. The molecule has 94 valence electrons. The average Bonchev–Trinajstić information content (AvgIpc) is 2.32. The van der Waals surface area contributed by atoms with E-state index in [-0.39, 0.29) is 5.28 Å². The van der Waals surface area contributed by atoms with Crippen LogP contribution in [-0.2, 0) is 0 Å². The maximum absolute atomic E-state index is 5.84. The highest BCUT2D eigenvalue weighted by atomic mass is 79.9. The summed E-state index contributed by atoms with van der Waals surface area (Å²) in [5.74, 6) is 0.465. The molecule has 0 aliphatic rings. The van der Waals surface area contributed by atoms with Gasteiger partial charge >= 0.3 is 0 Å². The van der Waals surface area contributed by atoms with Crippen LogP contribution in [-0.4, -0.2) is 26.5 Å². The van der Waals surface area contributed by atoms with Gasteiger partial charge in [0.05, 0.1) is 4.47 Å². The van der Waals surface area contributed by atoms with E-state index in [0.717, 1.165) is 16.0 Å². The van der Waals surface area contributed by atoms with Gasteiger partial charge in [-0.15, -0.1) is 0 Å². The Labute approximate surface area is 122 Å². The molecule has 0 aliphatic heterocycles. The number of anilines is 1. The maximum Gasteiger partial charge on any atom is 0.228 e. The lowest BCUT2D eigenvalue weighted by atomic mass is 10.5. The molecule has 8 heteroatoms. The molecule has 0 radical (unpaired) electrons. The van der Waals surface area contributed by atoms with Gasteiger partial charge in [-0.05, 0) is 58.3 Å². The van der Waals surface area contributed by atoms with Gasteiger partial charge in [-0.3, -0.25) is 0 Å². The smallest absolute Gasteiger partial charge is 0.228 e. The first-order valence-electron chi connectivity index (χ1n) is 5.13. The Morgan fingerprint density at radius 1 is 1.39 bits per heavy atom. The molecule has 0 aromatic carbocycles. The van der Waals surface area contributed by atoms with Crippen LogP contribution in [0.1, 0.15) is 6.92 Å². The molecular formula is C10H9BrClN5S. The number of pyridine rings is 1. The van der Waals surface area contributed by atoms with Crippen LogP contribution < -0.4 is 5.32 Å². The molecule has 1 N–H and O–H groups in total. The number of nitrogens with one attached hydrogen (secondary N) is 1. The fourth-order valence-electron chi connectivity index (χ4n) is 1.15. The Balaban J connectivity index is 2.26. The van der Waals surface area contributed by atoms with Crippen LogP contribution in [0.3, 0.4) is 0 Å². The third-order valence-corrected chi connectivity index (χ3v) is 3.79. The second-order valence-corrected chi connectivity index (χ2v) is 5.28. The first-order valence-corrected chi connectivity index (χ1v) is 7.11. The van der Waals surface area contributed by atoms with Gasteiger partial charge in [-0.1, -0.05) is 0 Å². The van der Waals surface area contributed by atoms with Crippen LogP contribution in [0.2, 0.25) is 5.28 Å². The third-order valence-electron chi connectivity index (χ3n) is 1.84. The fourth-order valence-corrected chi connectivity index (χ4v) is 2.57. The fraction of sp³-hybridized carbons (Fsp3) is 0.200. The monoisotopic (exact) mass is 345 g/mol. The molecule has 0 saturated heterocycles. The summed E-state index contributed by atoms with van der Waals surface area (Å²) in [7, 11) is 0. The lowest BCUT2D eigenvalue weighted by Crippen LogP contribution is -2.04. The minimum Gasteiger partial charge on any atom is -0.354 e. The SMILES string of the molecule is CCNc1nc(Cl)nc(Sc2ncccc2Br)n1. The van der Waals surface area contributed by atoms with Crippen molar-refractivity contribution in [3.05, 3.63) is 28.1 Å². The van der Waals surface area contributed by atoms with E-state index in [1.807, 2.05) is 19.1 Å². The van der Waals surface area contributed by atoms with E-state index >= 15 is 0 Å². The van der Waals surface area contributed by atoms with Crippen LogP contribution in [0.4, 0.5) is 5.95 Å². The summed E-state index contributed by atoms with van der Waals surface area (Å²) in [4.78, 5) is 16.5. The van der Waals surface area contributed by atoms with Crippen molar-refractivity contribution in [2.24, 2.45) is 0 Å². The zero-order chi connectivity index (χ0) is 13.0. The van der Waals surface area contributed by atoms with E-state index in [4.69, 9.17) is 11.6 Å². The Hall–Kier alpha value is -0.920. The van der Waals surface area contributed by atoms with Gasteiger partial charge < -0.3 is 5.32 Å². The van der Waals surface area contributed by atoms with Gasteiger partial charge in [-0.2, -0.15) is 15.0 Å². The summed E-state index contributed by atoms with van der Waals surface area (Å²) in [5.41, 5.74) is 0. The minimum atomic E-state index is 0.163.